The van der Waals surface area contributed by atoms with Gasteiger partial charge in [-0.25, -0.2) is 9.37 Å². The van der Waals surface area contributed by atoms with Gasteiger partial charge < -0.3 is 9.80 Å². The van der Waals surface area contributed by atoms with Crippen molar-refractivity contribution >= 4 is 17.3 Å². The van der Waals surface area contributed by atoms with Crippen LogP contribution in [0, 0.1) is 11.8 Å². The third kappa shape index (κ3) is 4.54. The lowest BCUT2D eigenvalue weighted by molar-refractivity contribution is 0.0880. The number of aryl methyl sites for hydroxylation is 1. The highest BCUT2D eigenvalue weighted by Gasteiger charge is 2.35. The smallest absolute Gasteiger partial charge is 0.131 e. The summed E-state index contributed by atoms with van der Waals surface area (Å²) < 4.78 is 16.6. The quantitative estimate of drug-likeness (QED) is 0.610. The number of pyridine rings is 1. The van der Waals surface area contributed by atoms with Gasteiger partial charge in [-0.05, 0) is 14.1 Å². The molecule has 0 spiro atoms. The molecule has 0 amide bonds. The minimum Gasteiger partial charge on any atom is -0.370 e. The minimum atomic E-state index is -1.14. The Morgan fingerprint density at radius 3 is 2.62 bits per heavy atom. The third-order valence-electron chi connectivity index (χ3n) is 4.49. The Morgan fingerprint density at radius 2 is 2.00 bits per heavy atom. The van der Waals surface area contributed by atoms with Gasteiger partial charge in [-0.2, -0.15) is 5.10 Å². The van der Waals surface area contributed by atoms with Crippen LogP contribution in [0.4, 0.5) is 10.1 Å². The fourth-order valence-electron chi connectivity index (χ4n) is 3.28. The number of anilines is 1. The van der Waals surface area contributed by atoms with Gasteiger partial charge >= 0.3 is 0 Å². The second-order valence-corrected chi connectivity index (χ2v) is 7.44. The zero-order chi connectivity index (χ0) is 18.7. The molecule has 5 nitrogen and oxygen atoms in total. The number of nitrogens with zero attached hydrogens (tertiary/aromatic N) is 5. The van der Waals surface area contributed by atoms with Crippen LogP contribution in [-0.2, 0) is 7.05 Å². The average molecular weight is 376 g/mol. The summed E-state index contributed by atoms with van der Waals surface area (Å²) >= 11 is 6.10. The van der Waals surface area contributed by atoms with E-state index >= 15 is 0 Å². The molecule has 0 radical (unpaired) electrons. The summed E-state index contributed by atoms with van der Waals surface area (Å²) in [5, 5.41) is 4.53. The van der Waals surface area contributed by atoms with Crippen LogP contribution in [0.1, 0.15) is 24.0 Å². The first-order valence-electron chi connectivity index (χ1n) is 8.59. The molecule has 1 fully saturated rings. The highest BCUT2D eigenvalue weighted by atomic mass is 35.5. The molecule has 0 saturated carbocycles. The molecule has 26 heavy (non-hydrogen) atoms. The number of hydrogen-bond acceptors (Lipinski definition) is 4. The summed E-state index contributed by atoms with van der Waals surface area (Å²) in [4.78, 5) is 8.21. The number of aromatic nitrogens is 3. The zero-order valence-corrected chi connectivity index (χ0v) is 16.1. The lowest BCUT2D eigenvalue weighted by Crippen LogP contribution is -2.47. The van der Waals surface area contributed by atoms with Crippen LogP contribution >= 0.6 is 11.6 Å². The Morgan fingerprint density at radius 1 is 1.27 bits per heavy atom. The van der Waals surface area contributed by atoms with Crippen molar-refractivity contribution < 1.29 is 4.39 Å². The van der Waals surface area contributed by atoms with Crippen LogP contribution in [-0.4, -0.2) is 59.1 Å². The van der Waals surface area contributed by atoms with Crippen molar-refractivity contribution in [1.82, 2.24) is 19.7 Å². The number of halogens is 2. The molecular formula is C19H23ClFN5. The van der Waals surface area contributed by atoms with Crippen molar-refractivity contribution in [1.29, 1.82) is 0 Å². The van der Waals surface area contributed by atoms with E-state index in [0.717, 1.165) is 16.8 Å². The molecule has 138 valence electrons. The van der Waals surface area contributed by atoms with E-state index in [1.54, 1.807) is 17.1 Å². The van der Waals surface area contributed by atoms with Gasteiger partial charge in [0.15, 0.2) is 0 Å². The number of rotatable bonds is 3. The summed E-state index contributed by atoms with van der Waals surface area (Å²) in [6.07, 6.45) is 6.23. The Kier molecular flexibility index (Phi) is 5.49. The Balaban J connectivity index is 1.80. The van der Waals surface area contributed by atoms with Gasteiger partial charge in [0.25, 0.3) is 0 Å². The van der Waals surface area contributed by atoms with Crippen LogP contribution < -0.4 is 4.90 Å². The molecule has 3 rings (SSSR count). The van der Waals surface area contributed by atoms with Crippen LogP contribution in [0.5, 0.6) is 0 Å². The van der Waals surface area contributed by atoms with Crippen molar-refractivity contribution in [3.63, 3.8) is 0 Å². The van der Waals surface area contributed by atoms with E-state index in [1.807, 2.05) is 38.3 Å². The zero-order valence-electron chi connectivity index (χ0n) is 15.3. The van der Waals surface area contributed by atoms with Crippen molar-refractivity contribution in [2.24, 2.45) is 7.05 Å². The second kappa shape index (κ2) is 7.65. The third-order valence-corrected chi connectivity index (χ3v) is 4.70. The molecule has 2 aromatic rings. The molecule has 1 aliphatic rings. The highest BCUT2D eigenvalue weighted by molar-refractivity contribution is 6.29. The maximum atomic E-state index is 14.9. The van der Waals surface area contributed by atoms with Crippen molar-refractivity contribution in [3.05, 3.63) is 40.9 Å². The van der Waals surface area contributed by atoms with E-state index in [4.69, 9.17) is 11.6 Å². The molecule has 0 atom stereocenters. The van der Waals surface area contributed by atoms with E-state index in [0.29, 0.717) is 37.6 Å². The lowest BCUT2D eigenvalue weighted by Gasteiger charge is -2.39. The van der Waals surface area contributed by atoms with Gasteiger partial charge in [0.1, 0.15) is 10.8 Å². The summed E-state index contributed by atoms with van der Waals surface area (Å²) in [5.41, 5.74) is 1.39. The summed E-state index contributed by atoms with van der Waals surface area (Å²) in [6, 6.07) is 1.81. The SMILES string of the molecule is CN(C)CC1(F)CCN(c2cc(Cl)ncc2C#Cc2cnn(C)c2)CC1. The molecule has 3 heterocycles. The van der Waals surface area contributed by atoms with Crippen LogP contribution in [0.15, 0.2) is 24.7 Å². The standard InChI is InChI=1S/C19H23ClFN5/c1-24(2)14-19(21)6-8-26(9-7-19)17-10-18(20)22-12-16(17)5-4-15-11-23-25(3)13-15/h10-13H,6-9,14H2,1-3H3. The topological polar surface area (TPSA) is 37.2 Å². The van der Waals surface area contributed by atoms with E-state index < -0.39 is 5.67 Å². The summed E-state index contributed by atoms with van der Waals surface area (Å²) in [5.74, 6) is 6.25. The molecule has 0 aromatic carbocycles. The molecule has 2 aromatic heterocycles. The normalized spacial score (nSPS) is 16.5. The van der Waals surface area contributed by atoms with Crippen molar-refractivity contribution in [2.45, 2.75) is 18.5 Å². The molecule has 0 aliphatic carbocycles. The molecule has 0 bridgehead atoms. The van der Waals surface area contributed by atoms with Gasteiger partial charge in [-0.1, -0.05) is 23.4 Å². The predicted molar refractivity (Wildman–Crippen MR) is 102 cm³/mol. The van der Waals surface area contributed by atoms with Gasteiger partial charge in [0.2, 0.25) is 0 Å². The first kappa shape index (κ1) is 18.7. The van der Waals surface area contributed by atoms with Crippen molar-refractivity contribution in [3.8, 4) is 11.8 Å². The molecule has 0 unspecified atom stereocenters. The number of alkyl halides is 1. The molecular weight excluding hydrogens is 353 g/mol. The number of hydrogen-bond donors (Lipinski definition) is 0. The fourth-order valence-corrected chi connectivity index (χ4v) is 3.43. The Bertz CT molecular complexity index is 828. The van der Waals surface area contributed by atoms with Gasteiger partial charge in [0, 0.05) is 58.0 Å². The monoisotopic (exact) mass is 375 g/mol. The highest BCUT2D eigenvalue weighted by Crippen LogP contribution is 2.32. The van der Waals surface area contributed by atoms with E-state index in [9.17, 15) is 4.39 Å². The number of piperidine rings is 1. The van der Waals surface area contributed by atoms with E-state index in [-0.39, 0.29) is 0 Å². The van der Waals surface area contributed by atoms with E-state index in [2.05, 4.69) is 26.8 Å². The molecule has 1 saturated heterocycles. The maximum Gasteiger partial charge on any atom is 0.131 e. The van der Waals surface area contributed by atoms with Gasteiger partial charge in [0.05, 0.1) is 23.0 Å². The van der Waals surface area contributed by atoms with Crippen LogP contribution in [0.2, 0.25) is 5.15 Å². The second-order valence-electron chi connectivity index (χ2n) is 7.05. The first-order chi connectivity index (χ1) is 12.3. The van der Waals surface area contributed by atoms with Crippen LogP contribution in [0.25, 0.3) is 0 Å². The Labute approximate surface area is 158 Å². The van der Waals surface area contributed by atoms with Gasteiger partial charge in [-0.3, -0.25) is 4.68 Å². The average Bonchev–Trinajstić information content (AvgIpc) is 2.99. The minimum absolute atomic E-state index is 0.414. The predicted octanol–water partition coefficient (Wildman–Crippen LogP) is 2.74. The summed E-state index contributed by atoms with van der Waals surface area (Å²) in [6.45, 7) is 1.71. The molecule has 7 heteroatoms. The van der Waals surface area contributed by atoms with Gasteiger partial charge in [-0.15, -0.1) is 0 Å². The van der Waals surface area contributed by atoms with E-state index in [1.165, 1.54) is 0 Å². The maximum absolute atomic E-state index is 14.9. The largest absolute Gasteiger partial charge is 0.370 e. The lowest BCUT2D eigenvalue weighted by atomic mass is 9.92. The van der Waals surface area contributed by atoms with Crippen LogP contribution in [0.3, 0.4) is 0 Å². The first-order valence-corrected chi connectivity index (χ1v) is 8.97. The fraction of sp³-hybridized carbons (Fsp3) is 0.474. The summed E-state index contributed by atoms with van der Waals surface area (Å²) in [7, 11) is 5.66. The van der Waals surface area contributed by atoms with Crippen molar-refractivity contribution in [2.75, 3.05) is 38.6 Å². The molecule has 0 N–H and O–H groups in total. The Hall–Kier alpha value is -2.10. The molecule has 1 aliphatic heterocycles.